The number of nitrogens with zero attached hydrogens (tertiary/aromatic N) is 3. The van der Waals surface area contributed by atoms with Gasteiger partial charge in [-0.2, -0.15) is 0 Å². The van der Waals surface area contributed by atoms with Crippen LogP contribution in [0, 0.1) is 0 Å². The number of carbonyl (C=O) groups excluding carboxylic acids is 1. The molecule has 0 aromatic heterocycles. The molecular formula is C21H35N5O2. The van der Waals surface area contributed by atoms with Crippen molar-refractivity contribution in [2.45, 2.75) is 32.2 Å². The number of para-hydroxylation sites is 1. The van der Waals surface area contributed by atoms with Crippen molar-refractivity contribution in [1.82, 2.24) is 20.4 Å². The molecule has 156 valence electrons. The molecule has 1 saturated heterocycles. The highest BCUT2D eigenvalue weighted by Gasteiger charge is 2.25. The Morgan fingerprint density at radius 2 is 1.93 bits per heavy atom. The van der Waals surface area contributed by atoms with Crippen LogP contribution in [-0.2, 0) is 4.79 Å². The van der Waals surface area contributed by atoms with Gasteiger partial charge in [-0.1, -0.05) is 24.6 Å². The quantitative estimate of drug-likeness (QED) is 0.525. The van der Waals surface area contributed by atoms with E-state index >= 15 is 0 Å². The van der Waals surface area contributed by atoms with Gasteiger partial charge in [-0.25, -0.2) is 4.99 Å². The third kappa shape index (κ3) is 6.41. The first-order valence-corrected chi connectivity index (χ1v) is 10.2. The molecule has 1 aliphatic rings. The number of guanidine groups is 1. The number of likely N-dealkylation sites (N-methyl/N-ethyl adjacent to an activating group) is 1. The van der Waals surface area contributed by atoms with Crippen LogP contribution in [0.4, 0.5) is 0 Å². The largest absolute Gasteiger partial charge is 0.496 e. The molecule has 1 heterocycles. The van der Waals surface area contributed by atoms with Crippen molar-refractivity contribution in [3.8, 4) is 5.75 Å². The summed E-state index contributed by atoms with van der Waals surface area (Å²) in [6, 6.07) is 8.40. The highest BCUT2D eigenvalue weighted by atomic mass is 16.5. The first kappa shape index (κ1) is 22.0. The van der Waals surface area contributed by atoms with Crippen LogP contribution in [0.1, 0.15) is 37.8 Å². The Bertz CT molecular complexity index is 641. The first-order valence-electron chi connectivity index (χ1n) is 10.2. The number of aliphatic imine (C=N–C) groups is 1. The van der Waals surface area contributed by atoms with Crippen LogP contribution in [0.15, 0.2) is 29.3 Å². The number of methoxy groups -OCH3 is 1. The Morgan fingerprint density at radius 3 is 2.57 bits per heavy atom. The van der Waals surface area contributed by atoms with Gasteiger partial charge < -0.3 is 20.3 Å². The number of piperidine rings is 1. The Balaban J connectivity index is 2.16. The van der Waals surface area contributed by atoms with Crippen molar-refractivity contribution in [2.24, 2.45) is 4.99 Å². The second-order valence-corrected chi connectivity index (χ2v) is 7.22. The maximum absolute atomic E-state index is 11.9. The maximum Gasteiger partial charge on any atom is 0.243 e. The van der Waals surface area contributed by atoms with E-state index in [2.05, 4.69) is 32.7 Å². The fourth-order valence-corrected chi connectivity index (χ4v) is 3.43. The van der Waals surface area contributed by atoms with E-state index in [9.17, 15) is 4.79 Å². The molecule has 0 radical (unpaired) electrons. The van der Waals surface area contributed by atoms with E-state index in [0.717, 1.165) is 25.4 Å². The Morgan fingerprint density at radius 1 is 1.21 bits per heavy atom. The predicted octanol–water partition coefficient (Wildman–Crippen LogP) is 1.87. The van der Waals surface area contributed by atoms with Crippen molar-refractivity contribution in [3.63, 3.8) is 0 Å². The van der Waals surface area contributed by atoms with Crippen LogP contribution >= 0.6 is 0 Å². The van der Waals surface area contributed by atoms with E-state index in [4.69, 9.17) is 4.74 Å². The van der Waals surface area contributed by atoms with Gasteiger partial charge >= 0.3 is 0 Å². The topological polar surface area (TPSA) is 69.2 Å². The van der Waals surface area contributed by atoms with E-state index in [-0.39, 0.29) is 18.5 Å². The second kappa shape index (κ2) is 11.5. The molecule has 1 aromatic rings. The summed E-state index contributed by atoms with van der Waals surface area (Å²) in [6.45, 7) is 5.75. The van der Waals surface area contributed by atoms with E-state index in [1.165, 1.54) is 24.8 Å². The molecule has 7 nitrogen and oxygen atoms in total. The number of likely N-dealkylation sites (tertiary alicyclic amines) is 1. The normalized spacial score (nSPS) is 16.4. The van der Waals surface area contributed by atoms with Crippen molar-refractivity contribution >= 4 is 11.9 Å². The van der Waals surface area contributed by atoms with Crippen LogP contribution in [0.2, 0.25) is 0 Å². The molecule has 0 saturated carbocycles. The number of amides is 1. The summed E-state index contributed by atoms with van der Waals surface area (Å²) >= 11 is 0. The van der Waals surface area contributed by atoms with Gasteiger partial charge in [-0.15, -0.1) is 0 Å². The van der Waals surface area contributed by atoms with Gasteiger partial charge in [-0.3, -0.25) is 9.69 Å². The van der Waals surface area contributed by atoms with Crippen LogP contribution in [0.25, 0.3) is 0 Å². The van der Waals surface area contributed by atoms with E-state index in [0.29, 0.717) is 12.5 Å². The van der Waals surface area contributed by atoms with E-state index in [1.54, 1.807) is 26.1 Å². The minimum atomic E-state index is -0.0190. The zero-order valence-corrected chi connectivity index (χ0v) is 17.7. The number of nitrogens with one attached hydrogen (secondary N) is 2. The fraction of sp³-hybridized carbons (Fsp3) is 0.619. The third-order valence-corrected chi connectivity index (χ3v) is 5.01. The zero-order valence-electron chi connectivity index (χ0n) is 17.7. The van der Waals surface area contributed by atoms with E-state index in [1.807, 2.05) is 19.1 Å². The summed E-state index contributed by atoms with van der Waals surface area (Å²) in [4.78, 5) is 20.4. The highest BCUT2D eigenvalue weighted by Crippen LogP contribution is 2.30. The molecule has 0 spiro atoms. The molecule has 1 unspecified atom stereocenters. The number of benzene rings is 1. The van der Waals surface area contributed by atoms with Gasteiger partial charge in [-0.05, 0) is 38.9 Å². The van der Waals surface area contributed by atoms with Gasteiger partial charge in [0.15, 0.2) is 5.96 Å². The SMILES string of the molecule is CCNC(=NCC(=O)N(C)C)NCC(c1ccccc1OC)N1CCCCC1. The molecule has 1 atom stereocenters. The van der Waals surface area contributed by atoms with Gasteiger partial charge in [0, 0.05) is 32.7 Å². The Labute approximate surface area is 169 Å². The minimum Gasteiger partial charge on any atom is -0.496 e. The standard InChI is InChI=1S/C21H35N5O2/c1-5-22-21(24-16-20(27)25(2)3)23-15-18(26-13-9-6-10-14-26)17-11-7-8-12-19(17)28-4/h7-8,11-12,18H,5-6,9-10,13-16H2,1-4H3,(H2,22,23,24). The van der Waals surface area contributed by atoms with Crippen LogP contribution in [0.3, 0.4) is 0 Å². The molecule has 0 bridgehead atoms. The Kier molecular flexibility index (Phi) is 9.07. The molecule has 7 heteroatoms. The molecule has 1 fully saturated rings. The first-order chi connectivity index (χ1) is 13.6. The van der Waals surface area contributed by atoms with Gasteiger partial charge in [0.05, 0.1) is 13.2 Å². The van der Waals surface area contributed by atoms with Crippen molar-refractivity contribution in [2.75, 3.05) is 53.9 Å². The zero-order chi connectivity index (χ0) is 20.4. The smallest absolute Gasteiger partial charge is 0.243 e. The van der Waals surface area contributed by atoms with Crippen LogP contribution in [-0.4, -0.2) is 75.6 Å². The van der Waals surface area contributed by atoms with Gasteiger partial charge in [0.25, 0.3) is 0 Å². The summed E-state index contributed by atoms with van der Waals surface area (Å²) in [5, 5.41) is 6.67. The van der Waals surface area contributed by atoms with Crippen LogP contribution in [0.5, 0.6) is 5.75 Å². The highest BCUT2D eigenvalue weighted by molar-refractivity contribution is 5.84. The number of hydrogen-bond donors (Lipinski definition) is 2. The summed E-state index contributed by atoms with van der Waals surface area (Å²) < 4.78 is 5.63. The van der Waals surface area contributed by atoms with Gasteiger partial charge in [0.2, 0.25) is 5.91 Å². The number of rotatable bonds is 8. The summed E-state index contributed by atoms with van der Waals surface area (Å²) in [7, 11) is 5.20. The average Bonchev–Trinajstić information content (AvgIpc) is 2.72. The molecule has 28 heavy (non-hydrogen) atoms. The Hall–Kier alpha value is -2.28. The van der Waals surface area contributed by atoms with Crippen molar-refractivity contribution in [3.05, 3.63) is 29.8 Å². The monoisotopic (exact) mass is 389 g/mol. The van der Waals surface area contributed by atoms with Crippen LogP contribution < -0.4 is 15.4 Å². The van der Waals surface area contributed by atoms with Gasteiger partial charge in [0.1, 0.15) is 12.3 Å². The lowest BCUT2D eigenvalue weighted by atomic mass is 10.0. The number of carbonyl (C=O) groups is 1. The summed E-state index contributed by atoms with van der Waals surface area (Å²) in [5.41, 5.74) is 1.18. The minimum absolute atomic E-state index is 0.0190. The van der Waals surface area contributed by atoms with E-state index < -0.39 is 0 Å². The molecular weight excluding hydrogens is 354 g/mol. The van der Waals surface area contributed by atoms with Crippen molar-refractivity contribution < 1.29 is 9.53 Å². The molecule has 0 aliphatic carbocycles. The van der Waals surface area contributed by atoms with Crippen molar-refractivity contribution in [1.29, 1.82) is 0 Å². The molecule has 1 aliphatic heterocycles. The lowest BCUT2D eigenvalue weighted by Crippen LogP contribution is -2.45. The summed E-state index contributed by atoms with van der Waals surface area (Å²) in [5.74, 6) is 1.55. The number of ether oxygens (including phenoxy) is 1. The molecule has 1 aromatic carbocycles. The summed E-state index contributed by atoms with van der Waals surface area (Å²) in [6.07, 6.45) is 3.73. The fourth-order valence-electron chi connectivity index (χ4n) is 3.43. The molecule has 1 amide bonds. The third-order valence-electron chi connectivity index (χ3n) is 5.01. The average molecular weight is 390 g/mol. The number of hydrogen-bond acceptors (Lipinski definition) is 4. The second-order valence-electron chi connectivity index (χ2n) is 7.22. The molecule has 2 rings (SSSR count). The lowest BCUT2D eigenvalue weighted by molar-refractivity contribution is -0.127. The maximum atomic E-state index is 11.9. The lowest BCUT2D eigenvalue weighted by Gasteiger charge is -2.35. The molecule has 2 N–H and O–H groups in total. The predicted molar refractivity (Wildman–Crippen MR) is 114 cm³/mol.